The Labute approximate surface area is 176 Å². The van der Waals surface area contributed by atoms with Crippen LogP contribution in [0.1, 0.15) is 39.7 Å². The van der Waals surface area contributed by atoms with E-state index in [1.807, 2.05) is 23.1 Å². The average molecular weight is 434 g/mol. The molecule has 4 rings (SSSR count). The van der Waals surface area contributed by atoms with Crippen LogP contribution in [-0.2, 0) is 11.3 Å². The molecule has 2 heterocycles. The van der Waals surface area contributed by atoms with Gasteiger partial charge >= 0.3 is 6.18 Å². The molecule has 8 heteroatoms. The number of alkyl halides is 3. The van der Waals surface area contributed by atoms with Crippen molar-refractivity contribution in [2.75, 3.05) is 19.7 Å². The third-order valence-corrected chi connectivity index (χ3v) is 6.38. The van der Waals surface area contributed by atoms with Crippen LogP contribution in [0.4, 0.5) is 13.2 Å². The summed E-state index contributed by atoms with van der Waals surface area (Å²) in [5.41, 5.74) is 2.16. The number of rotatable bonds is 5. The fourth-order valence-corrected chi connectivity index (χ4v) is 4.74. The Hall–Kier alpha value is -2.45. The van der Waals surface area contributed by atoms with E-state index in [9.17, 15) is 18.0 Å². The number of halogens is 3. The Morgan fingerprint density at radius 3 is 2.47 bits per heavy atom. The van der Waals surface area contributed by atoms with E-state index >= 15 is 0 Å². The number of carbonyl (C=O) groups excluding carboxylic acids is 1. The molecule has 3 aromatic rings. The van der Waals surface area contributed by atoms with Crippen molar-refractivity contribution in [1.82, 2.24) is 9.88 Å². The van der Waals surface area contributed by atoms with Crippen molar-refractivity contribution in [2.45, 2.75) is 31.5 Å². The van der Waals surface area contributed by atoms with Crippen molar-refractivity contribution >= 4 is 27.5 Å². The maximum Gasteiger partial charge on any atom is 0.411 e. The van der Waals surface area contributed by atoms with E-state index in [1.165, 1.54) is 4.70 Å². The topological polar surface area (TPSA) is 42.4 Å². The number of hydrogen-bond donors (Lipinski definition) is 0. The Morgan fingerprint density at radius 1 is 1.10 bits per heavy atom. The summed E-state index contributed by atoms with van der Waals surface area (Å²) >= 11 is 1.72. The van der Waals surface area contributed by atoms with Crippen molar-refractivity contribution in [1.29, 1.82) is 0 Å². The molecule has 0 saturated carbocycles. The summed E-state index contributed by atoms with van der Waals surface area (Å²) in [6, 6.07) is 14.7. The van der Waals surface area contributed by atoms with Crippen LogP contribution in [0.2, 0.25) is 0 Å². The summed E-state index contributed by atoms with van der Waals surface area (Å²) in [4.78, 5) is 19.4. The van der Waals surface area contributed by atoms with Crippen molar-refractivity contribution < 1.29 is 22.7 Å². The van der Waals surface area contributed by atoms with Gasteiger partial charge in [0, 0.05) is 24.6 Å². The highest BCUT2D eigenvalue weighted by molar-refractivity contribution is 7.18. The van der Waals surface area contributed by atoms with E-state index in [0.717, 1.165) is 23.4 Å². The lowest BCUT2D eigenvalue weighted by atomic mass is 9.97. The highest BCUT2D eigenvalue weighted by atomic mass is 32.1. The standard InChI is InChI=1S/C22H21F3N2O2S/c23-22(24,25)14-29-13-15-5-7-17(8-6-15)21(28)27-11-9-16(10-12-27)20-26-18-3-1-2-4-19(18)30-20/h1-8,16H,9-14H2. The minimum absolute atomic E-state index is 0.0551. The summed E-state index contributed by atoms with van der Waals surface area (Å²) in [7, 11) is 0. The Bertz CT molecular complexity index is 976. The number of hydrogen-bond acceptors (Lipinski definition) is 4. The molecule has 0 N–H and O–H groups in total. The fourth-order valence-electron chi connectivity index (χ4n) is 3.60. The molecule has 1 aliphatic rings. The van der Waals surface area contributed by atoms with Gasteiger partial charge in [-0.25, -0.2) is 4.98 Å². The van der Waals surface area contributed by atoms with Gasteiger partial charge < -0.3 is 9.64 Å². The summed E-state index contributed by atoms with van der Waals surface area (Å²) in [5.74, 6) is 0.306. The number of carbonyl (C=O) groups is 1. The molecule has 0 spiro atoms. The largest absolute Gasteiger partial charge is 0.411 e. The number of aromatic nitrogens is 1. The Balaban J connectivity index is 1.31. The molecule has 0 radical (unpaired) electrons. The van der Waals surface area contributed by atoms with Crippen molar-refractivity contribution in [3.05, 3.63) is 64.7 Å². The van der Waals surface area contributed by atoms with Crippen LogP contribution in [0.25, 0.3) is 10.2 Å². The van der Waals surface area contributed by atoms with Crippen molar-refractivity contribution in [2.24, 2.45) is 0 Å². The van der Waals surface area contributed by atoms with Crippen LogP contribution in [0.15, 0.2) is 48.5 Å². The molecule has 2 aromatic carbocycles. The molecule has 158 valence electrons. The van der Waals surface area contributed by atoms with Gasteiger partial charge in [0.15, 0.2) is 0 Å². The zero-order valence-corrected chi connectivity index (χ0v) is 17.0. The summed E-state index contributed by atoms with van der Waals surface area (Å²) in [5, 5.41) is 1.13. The van der Waals surface area contributed by atoms with E-state index in [1.54, 1.807) is 35.6 Å². The van der Waals surface area contributed by atoms with Crippen LogP contribution in [0.5, 0.6) is 0 Å². The highest BCUT2D eigenvalue weighted by Crippen LogP contribution is 2.34. The number of benzene rings is 2. The SMILES string of the molecule is O=C(c1ccc(COCC(F)(F)F)cc1)N1CCC(c2nc3ccccc3s2)CC1. The van der Waals surface area contributed by atoms with Gasteiger partial charge in [-0.2, -0.15) is 13.2 Å². The second-order valence-electron chi connectivity index (χ2n) is 7.39. The maximum atomic E-state index is 12.8. The lowest BCUT2D eigenvalue weighted by Gasteiger charge is -2.31. The first-order valence-corrected chi connectivity index (χ1v) is 10.6. The molecule has 0 unspecified atom stereocenters. The minimum atomic E-state index is -4.34. The number of ether oxygens (including phenoxy) is 1. The van der Waals surface area contributed by atoms with Gasteiger partial charge in [-0.15, -0.1) is 11.3 Å². The van der Waals surface area contributed by atoms with Crippen LogP contribution in [-0.4, -0.2) is 41.7 Å². The third-order valence-electron chi connectivity index (χ3n) is 5.18. The van der Waals surface area contributed by atoms with E-state index in [4.69, 9.17) is 4.98 Å². The molecular weight excluding hydrogens is 413 g/mol. The number of para-hydroxylation sites is 1. The first kappa shape index (κ1) is 20.8. The molecule has 1 saturated heterocycles. The van der Waals surface area contributed by atoms with E-state index < -0.39 is 12.8 Å². The quantitative estimate of drug-likeness (QED) is 0.540. The predicted octanol–water partition coefficient (Wildman–Crippen LogP) is 5.40. The summed E-state index contributed by atoms with van der Waals surface area (Å²) in [6.07, 6.45) is -2.60. The number of nitrogens with zero attached hydrogens (tertiary/aromatic N) is 2. The molecule has 4 nitrogen and oxygen atoms in total. The molecule has 1 aromatic heterocycles. The minimum Gasteiger partial charge on any atom is -0.367 e. The van der Waals surface area contributed by atoms with Gasteiger partial charge in [-0.05, 0) is 42.7 Å². The summed E-state index contributed by atoms with van der Waals surface area (Å²) < 4.78 is 42.3. The van der Waals surface area contributed by atoms with Crippen LogP contribution >= 0.6 is 11.3 Å². The lowest BCUT2D eigenvalue weighted by molar-refractivity contribution is -0.176. The van der Waals surface area contributed by atoms with Gasteiger partial charge in [-0.1, -0.05) is 24.3 Å². The third kappa shape index (κ3) is 4.99. The predicted molar refractivity (Wildman–Crippen MR) is 110 cm³/mol. The monoisotopic (exact) mass is 434 g/mol. The van der Waals surface area contributed by atoms with Crippen molar-refractivity contribution in [3.63, 3.8) is 0 Å². The zero-order chi connectivity index (χ0) is 21.1. The normalized spacial score (nSPS) is 15.6. The molecule has 1 aliphatic heterocycles. The highest BCUT2D eigenvalue weighted by Gasteiger charge is 2.28. The number of piperidine rings is 1. The number of fused-ring (bicyclic) bond motifs is 1. The maximum absolute atomic E-state index is 12.8. The Kier molecular flexibility index (Phi) is 6.06. The van der Waals surface area contributed by atoms with Gasteiger partial charge in [0.2, 0.25) is 0 Å². The molecule has 0 aliphatic carbocycles. The number of thiazole rings is 1. The number of likely N-dealkylation sites (tertiary alicyclic amines) is 1. The molecule has 30 heavy (non-hydrogen) atoms. The van der Waals surface area contributed by atoms with Crippen LogP contribution in [0, 0.1) is 0 Å². The fraction of sp³-hybridized carbons (Fsp3) is 0.364. The smallest absolute Gasteiger partial charge is 0.367 e. The molecule has 1 fully saturated rings. The lowest BCUT2D eigenvalue weighted by Crippen LogP contribution is -2.37. The van der Waals surface area contributed by atoms with E-state index in [-0.39, 0.29) is 12.5 Å². The molecule has 0 bridgehead atoms. The summed E-state index contributed by atoms with van der Waals surface area (Å²) in [6.45, 7) is -0.0927. The number of amides is 1. The van der Waals surface area contributed by atoms with E-state index in [2.05, 4.69) is 10.8 Å². The van der Waals surface area contributed by atoms with Crippen LogP contribution < -0.4 is 0 Å². The second kappa shape index (κ2) is 8.73. The van der Waals surface area contributed by atoms with E-state index in [0.29, 0.717) is 30.1 Å². The molecular formula is C22H21F3N2O2S. The van der Waals surface area contributed by atoms with Gasteiger partial charge in [0.05, 0.1) is 21.8 Å². The second-order valence-corrected chi connectivity index (χ2v) is 8.45. The molecule has 1 amide bonds. The zero-order valence-electron chi connectivity index (χ0n) is 16.2. The molecule has 0 atom stereocenters. The average Bonchev–Trinajstić information content (AvgIpc) is 3.17. The van der Waals surface area contributed by atoms with Gasteiger partial charge in [0.1, 0.15) is 6.61 Å². The Morgan fingerprint density at radius 2 is 1.80 bits per heavy atom. The van der Waals surface area contributed by atoms with Gasteiger partial charge in [0.25, 0.3) is 5.91 Å². The first-order chi connectivity index (χ1) is 14.4. The van der Waals surface area contributed by atoms with Crippen molar-refractivity contribution in [3.8, 4) is 0 Å². The van der Waals surface area contributed by atoms with Gasteiger partial charge in [-0.3, -0.25) is 4.79 Å². The first-order valence-electron chi connectivity index (χ1n) is 9.77. The van der Waals surface area contributed by atoms with Crippen LogP contribution in [0.3, 0.4) is 0 Å².